The third kappa shape index (κ3) is 3.68. The van der Waals surface area contributed by atoms with Crippen molar-refractivity contribution in [2.24, 2.45) is 11.8 Å². The zero-order valence-electron chi connectivity index (χ0n) is 9.63. The van der Waals surface area contributed by atoms with Gasteiger partial charge < -0.3 is 0 Å². The molecule has 2 nitrogen and oxygen atoms in total. The number of rotatable bonds is 5. The van der Waals surface area contributed by atoms with Crippen LogP contribution in [0.4, 0.5) is 0 Å². The summed E-state index contributed by atoms with van der Waals surface area (Å²) < 4.78 is 2.36. The Morgan fingerprint density at radius 1 is 1.50 bits per heavy atom. The van der Waals surface area contributed by atoms with Crippen LogP contribution in [0.15, 0.2) is 22.7 Å². The highest BCUT2D eigenvalue weighted by Crippen LogP contribution is 2.30. The maximum atomic E-state index is 5.69. The first-order valence-corrected chi connectivity index (χ1v) is 7.38. The van der Waals surface area contributed by atoms with Crippen molar-refractivity contribution < 1.29 is 0 Å². The first kappa shape index (κ1) is 14.4. The maximum Gasteiger partial charge on any atom is 0.0496 e. The van der Waals surface area contributed by atoms with E-state index in [0.717, 1.165) is 4.47 Å². The molecule has 0 aliphatic rings. The maximum absolute atomic E-state index is 5.69. The summed E-state index contributed by atoms with van der Waals surface area (Å²) in [5.41, 5.74) is 4.22. The Kier molecular flexibility index (Phi) is 6.25. The van der Waals surface area contributed by atoms with Crippen LogP contribution in [0.3, 0.4) is 0 Å². The fourth-order valence-corrected chi connectivity index (χ4v) is 2.99. The van der Waals surface area contributed by atoms with Crippen LogP contribution in [0, 0.1) is 9.49 Å². The first-order chi connectivity index (χ1) is 7.60. The van der Waals surface area contributed by atoms with Gasteiger partial charge in [0, 0.05) is 14.1 Å². The number of hydrogen-bond donors (Lipinski definition) is 2. The van der Waals surface area contributed by atoms with Crippen molar-refractivity contribution in [2.75, 3.05) is 0 Å². The largest absolute Gasteiger partial charge is 0.271 e. The second-order valence-corrected chi connectivity index (χ2v) is 6.15. The Morgan fingerprint density at radius 3 is 2.75 bits per heavy atom. The van der Waals surface area contributed by atoms with Gasteiger partial charge in [0.05, 0.1) is 0 Å². The second-order valence-electron chi connectivity index (χ2n) is 4.08. The van der Waals surface area contributed by atoms with Crippen molar-refractivity contribution in [3.63, 3.8) is 0 Å². The van der Waals surface area contributed by atoms with Gasteiger partial charge in [0.25, 0.3) is 0 Å². The number of halogens is 2. The van der Waals surface area contributed by atoms with Gasteiger partial charge in [-0.05, 0) is 58.7 Å². The van der Waals surface area contributed by atoms with E-state index in [1.54, 1.807) is 0 Å². The molecule has 0 radical (unpaired) electrons. The molecule has 0 fully saturated rings. The van der Waals surface area contributed by atoms with Gasteiger partial charge in [-0.3, -0.25) is 11.3 Å². The van der Waals surface area contributed by atoms with Crippen molar-refractivity contribution >= 4 is 38.5 Å². The van der Waals surface area contributed by atoms with E-state index < -0.39 is 0 Å². The molecule has 0 amide bonds. The fraction of sp³-hybridized carbons (Fsp3) is 0.500. The standard InChI is InChI=1S/C12H18BrIN2/c1-3-4-8(2)12(16-15)10-7-9(13)5-6-11(10)14/h5-8,12,16H,3-4,15H2,1-2H3. The van der Waals surface area contributed by atoms with Crippen LogP contribution in [0.5, 0.6) is 0 Å². The predicted molar refractivity (Wildman–Crippen MR) is 81.0 cm³/mol. The minimum absolute atomic E-state index is 0.226. The van der Waals surface area contributed by atoms with E-state index >= 15 is 0 Å². The molecule has 2 unspecified atom stereocenters. The Bertz CT molecular complexity index is 344. The lowest BCUT2D eigenvalue weighted by Gasteiger charge is -2.24. The number of hydrazine groups is 1. The number of benzene rings is 1. The van der Waals surface area contributed by atoms with Crippen LogP contribution in [0.2, 0.25) is 0 Å². The Morgan fingerprint density at radius 2 is 2.19 bits per heavy atom. The molecule has 2 atom stereocenters. The molecule has 0 saturated heterocycles. The molecule has 0 heterocycles. The summed E-state index contributed by atoms with van der Waals surface area (Å²) in [6, 6.07) is 6.55. The Balaban J connectivity index is 2.98. The average molecular weight is 397 g/mol. The molecular weight excluding hydrogens is 379 g/mol. The van der Waals surface area contributed by atoms with E-state index in [4.69, 9.17) is 5.84 Å². The monoisotopic (exact) mass is 396 g/mol. The summed E-state index contributed by atoms with van der Waals surface area (Å²) in [5, 5.41) is 0. The minimum atomic E-state index is 0.226. The van der Waals surface area contributed by atoms with Crippen molar-refractivity contribution in [1.82, 2.24) is 5.43 Å². The van der Waals surface area contributed by atoms with Gasteiger partial charge in [-0.1, -0.05) is 36.2 Å². The Hall–Kier alpha value is 0.350. The Labute approximate surface area is 120 Å². The molecule has 0 aliphatic carbocycles. The summed E-state index contributed by atoms with van der Waals surface area (Å²) >= 11 is 5.87. The van der Waals surface area contributed by atoms with E-state index in [1.807, 2.05) is 0 Å². The average Bonchev–Trinajstić information content (AvgIpc) is 2.24. The molecule has 0 bridgehead atoms. The predicted octanol–water partition coefficient (Wildman–Crippen LogP) is 3.99. The normalized spacial score (nSPS) is 14.8. The van der Waals surface area contributed by atoms with Gasteiger partial charge in [-0.25, -0.2) is 0 Å². The third-order valence-corrected chi connectivity index (χ3v) is 4.26. The molecule has 0 saturated carbocycles. The highest BCUT2D eigenvalue weighted by molar-refractivity contribution is 14.1. The highest BCUT2D eigenvalue weighted by Gasteiger charge is 2.19. The summed E-state index contributed by atoms with van der Waals surface area (Å²) in [6.07, 6.45) is 2.36. The molecule has 4 heteroatoms. The van der Waals surface area contributed by atoms with Crippen LogP contribution in [-0.4, -0.2) is 0 Å². The molecule has 0 aromatic heterocycles. The molecule has 90 valence electrons. The molecule has 16 heavy (non-hydrogen) atoms. The van der Waals surface area contributed by atoms with Gasteiger partial charge in [-0.15, -0.1) is 0 Å². The van der Waals surface area contributed by atoms with Crippen molar-refractivity contribution in [1.29, 1.82) is 0 Å². The lowest BCUT2D eigenvalue weighted by Crippen LogP contribution is -2.33. The van der Waals surface area contributed by atoms with Crippen LogP contribution >= 0.6 is 38.5 Å². The zero-order valence-corrected chi connectivity index (χ0v) is 13.4. The lowest BCUT2D eigenvalue weighted by molar-refractivity contribution is 0.367. The van der Waals surface area contributed by atoms with Gasteiger partial charge in [0.2, 0.25) is 0 Å². The van der Waals surface area contributed by atoms with E-state index in [0.29, 0.717) is 5.92 Å². The lowest BCUT2D eigenvalue weighted by atomic mass is 9.91. The molecule has 1 aromatic rings. The van der Waals surface area contributed by atoms with Gasteiger partial charge in [-0.2, -0.15) is 0 Å². The van der Waals surface area contributed by atoms with E-state index in [2.05, 4.69) is 76.0 Å². The summed E-state index contributed by atoms with van der Waals surface area (Å²) in [4.78, 5) is 0. The van der Waals surface area contributed by atoms with Gasteiger partial charge in [0.1, 0.15) is 0 Å². The smallest absolute Gasteiger partial charge is 0.0496 e. The summed E-state index contributed by atoms with van der Waals surface area (Å²) in [7, 11) is 0. The molecule has 0 spiro atoms. The topological polar surface area (TPSA) is 38.0 Å². The number of nitrogens with two attached hydrogens (primary N) is 1. The minimum Gasteiger partial charge on any atom is -0.271 e. The van der Waals surface area contributed by atoms with Crippen LogP contribution in [0.25, 0.3) is 0 Å². The highest BCUT2D eigenvalue weighted by atomic mass is 127. The van der Waals surface area contributed by atoms with Crippen molar-refractivity contribution in [2.45, 2.75) is 32.7 Å². The van der Waals surface area contributed by atoms with E-state index in [9.17, 15) is 0 Å². The summed E-state index contributed by atoms with van der Waals surface area (Å²) in [6.45, 7) is 4.45. The summed E-state index contributed by atoms with van der Waals surface area (Å²) in [5.74, 6) is 6.23. The van der Waals surface area contributed by atoms with E-state index in [1.165, 1.54) is 22.0 Å². The van der Waals surface area contributed by atoms with Crippen LogP contribution in [0.1, 0.15) is 38.3 Å². The SMILES string of the molecule is CCCC(C)C(NN)c1cc(Br)ccc1I. The van der Waals surface area contributed by atoms with Crippen LogP contribution < -0.4 is 11.3 Å². The quantitative estimate of drug-likeness (QED) is 0.448. The third-order valence-electron chi connectivity index (χ3n) is 2.79. The molecule has 1 aromatic carbocycles. The molecular formula is C12H18BrIN2. The molecule has 3 N–H and O–H groups in total. The van der Waals surface area contributed by atoms with Crippen molar-refractivity contribution in [3.05, 3.63) is 31.8 Å². The van der Waals surface area contributed by atoms with Gasteiger partial charge >= 0.3 is 0 Å². The number of hydrogen-bond acceptors (Lipinski definition) is 2. The zero-order chi connectivity index (χ0) is 12.1. The molecule has 0 aliphatic heterocycles. The number of nitrogens with one attached hydrogen (secondary N) is 1. The van der Waals surface area contributed by atoms with Crippen LogP contribution in [-0.2, 0) is 0 Å². The second kappa shape index (κ2) is 6.93. The van der Waals surface area contributed by atoms with Gasteiger partial charge in [0.15, 0.2) is 0 Å². The molecule has 1 rings (SSSR count). The fourth-order valence-electron chi connectivity index (χ4n) is 1.94. The first-order valence-electron chi connectivity index (χ1n) is 5.51. The van der Waals surface area contributed by atoms with Crippen molar-refractivity contribution in [3.8, 4) is 0 Å². The van der Waals surface area contributed by atoms with E-state index in [-0.39, 0.29) is 6.04 Å².